The Hall–Kier alpha value is -1.63. The third-order valence-corrected chi connectivity index (χ3v) is 3.44. The Morgan fingerprint density at radius 1 is 1.33 bits per heavy atom. The maximum atomic E-state index is 5.74. The van der Waals surface area contributed by atoms with Crippen molar-refractivity contribution in [3.05, 3.63) is 40.7 Å². The van der Waals surface area contributed by atoms with E-state index >= 15 is 0 Å². The van der Waals surface area contributed by atoms with Gasteiger partial charge in [-0.25, -0.2) is 4.98 Å². The summed E-state index contributed by atoms with van der Waals surface area (Å²) >= 11 is 1.65. The van der Waals surface area contributed by atoms with Crippen LogP contribution in [0.5, 0.6) is 0 Å². The van der Waals surface area contributed by atoms with Gasteiger partial charge >= 0.3 is 0 Å². The summed E-state index contributed by atoms with van der Waals surface area (Å²) in [6, 6.07) is 10.2. The zero-order valence-corrected chi connectivity index (χ0v) is 11.2. The summed E-state index contributed by atoms with van der Waals surface area (Å²) in [4.78, 5) is 4.58. The zero-order chi connectivity index (χ0) is 12.8. The van der Waals surface area contributed by atoms with E-state index in [1.54, 1.807) is 11.3 Å². The summed E-state index contributed by atoms with van der Waals surface area (Å²) < 4.78 is 0. The molecule has 0 bridgehead atoms. The SMILES string of the molecule is CCC(N)C#CCc1nc(-c2ccccc2)cs1. The molecule has 1 heterocycles. The third-order valence-electron chi connectivity index (χ3n) is 2.59. The molecular weight excluding hydrogens is 240 g/mol. The molecule has 92 valence electrons. The number of hydrogen-bond donors (Lipinski definition) is 1. The zero-order valence-electron chi connectivity index (χ0n) is 10.4. The van der Waals surface area contributed by atoms with Crippen LogP contribution in [0, 0.1) is 11.8 Å². The van der Waals surface area contributed by atoms with E-state index in [0.717, 1.165) is 22.7 Å². The molecule has 3 heteroatoms. The van der Waals surface area contributed by atoms with Crippen molar-refractivity contribution in [1.29, 1.82) is 0 Å². The van der Waals surface area contributed by atoms with E-state index in [1.165, 1.54) is 0 Å². The smallest absolute Gasteiger partial charge is 0.105 e. The predicted molar refractivity (Wildman–Crippen MR) is 77.3 cm³/mol. The molecule has 1 unspecified atom stereocenters. The molecule has 0 spiro atoms. The number of aromatic nitrogens is 1. The Balaban J connectivity index is 2.05. The van der Waals surface area contributed by atoms with Crippen molar-refractivity contribution in [3.63, 3.8) is 0 Å². The highest BCUT2D eigenvalue weighted by atomic mass is 32.1. The number of nitrogens with two attached hydrogens (primary N) is 1. The maximum Gasteiger partial charge on any atom is 0.105 e. The molecule has 2 N–H and O–H groups in total. The van der Waals surface area contributed by atoms with Crippen molar-refractivity contribution in [2.24, 2.45) is 5.73 Å². The van der Waals surface area contributed by atoms with Gasteiger partial charge in [-0.2, -0.15) is 0 Å². The Morgan fingerprint density at radius 3 is 2.83 bits per heavy atom. The molecule has 0 aliphatic carbocycles. The van der Waals surface area contributed by atoms with Crippen molar-refractivity contribution in [2.45, 2.75) is 25.8 Å². The lowest BCUT2D eigenvalue weighted by molar-refractivity contribution is 0.805. The second kappa shape index (κ2) is 6.34. The molecular formula is C15H16N2S. The Bertz CT molecular complexity index is 549. The highest BCUT2D eigenvalue weighted by Crippen LogP contribution is 2.21. The molecule has 0 saturated carbocycles. The van der Waals surface area contributed by atoms with Gasteiger partial charge in [-0.3, -0.25) is 0 Å². The van der Waals surface area contributed by atoms with Crippen LogP contribution >= 0.6 is 11.3 Å². The first-order valence-corrected chi connectivity index (χ1v) is 6.91. The molecule has 0 aliphatic rings. The fourth-order valence-corrected chi connectivity index (χ4v) is 2.24. The van der Waals surface area contributed by atoms with Gasteiger partial charge < -0.3 is 5.73 Å². The van der Waals surface area contributed by atoms with Crippen molar-refractivity contribution in [2.75, 3.05) is 0 Å². The highest BCUT2D eigenvalue weighted by molar-refractivity contribution is 7.10. The lowest BCUT2D eigenvalue weighted by atomic mass is 10.2. The van der Waals surface area contributed by atoms with Gasteiger partial charge in [0.1, 0.15) is 5.01 Å². The summed E-state index contributed by atoms with van der Waals surface area (Å²) in [5.41, 5.74) is 7.92. The highest BCUT2D eigenvalue weighted by Gasteiger charge is 2.02. The van der Waals surface area contributed by atoms with E-state index in [9.17, 15) is 0 Å². The second-order valence-corrected chi connectivity index (χ2v) is 4.95. The number of hydrogen-bond acceptors (Lipinski definition) is 3. The molecule has 1 aromatic heterocycles. The largest absolute Gasteiger partial charge is 0.318 e. The molecule has 0 amide bonds. The molecule has 18 heavy (non-hydrogen) atoms. The lowest BCUT2D eigenvalue weighted by Gasteiger charge is -1.95. The minimum absolute atomic E-state index is 0.0152. The van der Waals surface area contributed by atoms with E-state index in [0.29, 0.717) is 6.42 Å². The van der Waals surface area contributed by atoms with Gasteiger partial charge in [0.15, 0.2) is 0 Å². The molecule has 0 fully saturated rings. The first-order chi connectivity index (χ1) is 8.79. The van der Waals surface area contributed by atoms with Gasteiger partial charge in [-0.1, -0.05) is 49.1 Å². The normalized spacial score (nSPS) is 11.7. The lowest BCUT2D eigenvalue weighted by Crippen LogP contribution is -2.15. The average molecular weight is 256 g/mol. The molecule has 2 nitrogen and oxygen atoms in total. The molecule has 0 radical (unpaired) electrons. The fraction of sp³-hybridized carbons (Fsp3) is 0.267. The van der Waals surface area contributed by atoms with Gasteiger partial charge in [0, 0.05) is 10.9 Å². The predicted octanol–water partition coefficient (Wildman–Crippen LogP) is 3.09. The van der Waals surface area contributed by atoms with Crippen LogP contribution in [0.1, 0.15) is 18.4 Å². The van der Waals surface area contributed by atoms with Gasteiger partial charge in [0.25, 0.3) is 0 Å². The Morgan fingerprint density at radius 2 is 2.11 bits per heavy atom. The number of rotatable bonds is 3. The van der Waals surface area contributed by atoms with E-state index in [-0.39, 0.29) is 6.04 Å². The average Bonchev–Trinajstić information content (AvgIpc) is 2.88. The van der Waals surface area contributed by atoms with Crippen molar-refractivity contribution in [1.82, 2.24) is 4.98 Å². The Kier molecular flexibility index (Phi) is 4.52. The summed E-state index contributed by atoms with van der Waals surface area (Å²) in [6.07, 6.45) is 1.57. The van der Waals surface area contributed by atoms with Crippen LogP contribution in [0.25, 0.3) is 11.3 Å². The third kappa shape index (κ3) is 3.43. The van der Waals surface area contributed by atoms with Gasteiger partial charge in [-0.15, -0.1) is 11.3 Å². The first-order valence-electron chi connectivity index (χ1n) is 6.03. The van der Waals surface area contributed by atoms with E-state index in [2.05, 4.69) is 34.3 Å². The fourth-order valence-electron chi connectivity index (χ4n) is 1.49. The maximum absolute atomic E-state index is 5.74. The summed E-state index contributed by atoms with van der Waals surface area (Å²) in [5, 5.41) is 3.12. The number of benzene rings is 1. The topological polar surface area (TPSA) is 38.9 Å². The Labute approximate surface area is 112 Å². The standard InChI is InChI=1S/C15H16N2S/c1-2-13(16)9-6-10-15-17-14(11-18-15)12-7-4-3-5-8-12/h3-5,7-8,11,13H,2,10,16H2,1H3. The summed E-state index contributed by atoms with van der Waals surface area (Å²) in [5.74, 6) is 6.11. The minimum atomic E-state index is -0.0152. The van der Waals surface area contributed by atoms with E-state index < -0.39 is 0 Å². The van der Waals surface area contributed by atoms with Crippen LogP contribution < -0.4 is 5.73 Å². The number of nitrogens with zero attached hydrogens (tertiary/aromatic N) is 1. The van der Waals surface area contributed by atoms with E-state index in [4.69, 9.17) is 5.73 Å². The van der Waals surface area contributed by atoms with Crippen LogP contribution in [-0.4, -0.2) is 11.0 Å². The van der Waals surface area contributed by atoms with Crippen LogP contribution in [0.3, 0.4) is 0 Å². The van der Waals surface area contributed by atoms with Gasteiger partial charge in [-0.05, 0) is 6.42 Å². The summed E-state index contributed by atoms with van der Waals surface area (Å²) in [7, 11) is 0. The molecule has 2 rings (SSSR count). The van der Waals surface area contributed by atoms with Crippen LogP contribution in [0.4, 0.5) is 0 Å². The molecule has 1 atom stereocenters. The second-order valence-electron chi connectivity index (χ2n) is 4.01. The quantitative estimate of drug-likeness (QED) is 0.857. The van der Waals surface area contributed by atoms with Crippen molar-refractivity contribution >= 4 is 11.3 Å². The van der Waals surface area contributed by atoms with Gasteiger partial charge in [0.2, 0.25) is 0 Å². The van der Waals surface area contributed by atoms with Gasteiger partial charge in [0.05, 0.1) is 18.2 Å². The van der Waals surface area contributed by atoms with Crippen LogP contribution in [0.15, 0.2) is 35.7 Å². The monoisotopic (exact) mass is 256 g/mol. The van der Waals surface area contributed by atoms with E-state index in [1.807, 2.05) is 25.1 Å². The molecule has 0 saturated heterocycles. The number of thiazole rings is 1. The summed E-state index contributed by atoms with van der Waals surface area (Å²) in [6.45, 7) is 2.04. The van der Waals surface area contributed by atoms with Crippen molar-refractivity contribution < 1.29 is 0 Å². The minimum Gasteiger partial charge on any atom is -0.318 e. The first kappa shape index (κ1) is 12.8. The molecule has 0 aliphatic heterocycles. The molecule has 2 aromatic rings. The van der Waals surface area contributed by atoms with Crippen LogP contribution in [0.2, 0.25) is 0 Å². The molecule has 1 aromatic carbocycles. The van der Waals surface area contributed by atoms with Crippen LogP contribution in [-0.2, 0) is 6.42 Å². The van der Waals surface area contributed by atoms with Crippen molar-refractivity contribution in [3.8, 4) is 23.1 Å².